The highest BCUT2D eigenvalue weighted by Crippen LogP contribution is 2.37. The van der Waals surface area contributed by atoms with Gasteiger partial charge in [-0.3, -0.25) is 4.79 Å². The highest BCUT2D eigenvalue weighted by Gasteiger charge is 2.22. The number of nitriles is 1. The molecule has 1 heterocycles. The van der Waals surface area contributed by atoms with Crippen LogP contribution in [0.2, 0.25) is 0 Å². The summed E-state index contributed by atoms with van der Waals surface area (Å²) in [6.45, 7) is 0. The molecular weight excluding hydrogens is 404 g/mol. The summed E-state index contributed by atoms with van der Waals surface area (Å²) in [5.41, 5.74) is 1.96. The molecule has 1 aliphatic rings. The highest BCUT2D eigenvalue weighted by atomic mass is 32.2. The quantitative estimate of drug-likeness (QED) is 0.666. The van der Waals surface area contributed by atoms with Gasteiger partial charge in [0.25, 0.3) is 5.91 Å². The number of anilines is 1. The van der Waals surface area contributed by atoms with Gasteiger partial charge in [0.1, 0.15) is 11.1 Å². The predicted octanol–water partition coefficient (Wildman–Crippen LogP) is 4.58. The van der Waals surface area contributed by atoms with Crippen molar-refractivity contribution in [2.24, 2.45) is 0 Å². The van der Waals surface area contributed by atoms with Gasteiger partial charge in [0.2, 0.25) is 9.84 Å². The van der Waals surface area contributed by atoms with Crippen molar-refractivity contribution >= 4 is 32.1 Å². The number of hydrogen-bond acceptors (Lipinski definition) is 5. The molecule has 0 fully saturated rings. The summed E-state index contributed by atoms with van der Waals surface area (Å²) < 4.78 is 25.3. The third-order valence-corrected chi connectivity index (χ3v) is 7.98. The average Bonchev–Trinajstić information content (AvgIpc) is 3.11. The SMILES string of the molecule is N#Cc1c(NC(=O)c2ccc(S(=O)(=O)c3ccccc3)cc2)sc2c1CCCC2. The molecule has 29 heavy (non-hydrogen) atoms. The normalized spacial score (nSPS) is 13.3. The van der Waals surface area contributed by atoms with Crippen LogP contribution in [0.5, 0.6) is 0 Å². The zero-order valence-electron chi connectivity index (χ0n) is 15.5. The van der Waals surface area contributed by atoms with Gasteiger partial charge in [-0.05, 0) is 67.6 Å². The number of thiophene rings is 1. The molecular formula is C22H18N2O3S2. The van der Waals surface area contributed by atoms with Crippen LogP contribution in [0.3, 0.4) is 0 Å². The Balaban J connectivity index is 1.57. The number of sulfone groups is 1. The van der Waals surface area contributed by atoms with Crippen LogP contribution in [0, 0.1) is 11.3 Å². The first kappa shape index (κ1) is 19.4. The first-order valence-corrected chi connectivity index (χ1v) is 11.6. The van der Waals surface area contributed by atoms with Gasteiger partial charge in [-0.2, -0.15) is 5.26 Å². The minimum Gasteiger partial charge on any atom is -0.312 e. The lowest BCUT2D eigenvalue weighted by molar-refractivity contribution is 0.102. The molecule has 0 unspecified atom stereocenters. The van der Waals surface area contributed by atoms with Gasteiger partial charge in [0.05, 0.1) is 15.4 Å². The Kier molecular flexibility index (Phi) is 5.22. The van der Waals surface area contributed by atoms with Crippen molar-refractivity contribution in [3.05, 3.63) is 76.2 Å². The number of aryl methyl sites for hydroxylation is 1. The fraction of sp³-hybridized carbons (Fsp3) is 0.182. The van der Waals surface area contributed by atoms with E-state index in [4.69, 9.17) is 0 Å². The van der Waals surface area contributed by atoms with Gasteiger partial charge in [-0.1, -0.05) is 18.2 Å². The van der Waals surface area contributed by atoms with Crippen molar-refractivity contribution in [2.75, 3.05) is 5.32 Å². The molecule has 1 aliphatic carbocycles. The Morgan fingerprint density at radius 2 is 1.62 bits per heavy atom. The van der Waals surface area contributed by atoms with Crippen molar-refractivity contribution in [3.8, 4) is 6.07 Å². The lowest BCUT2D eigenvalue weighted by Gasteiger charge is -2.09. The second-order valence-corrected chi connectivity index (χ2v) is 9.88. The van der Waals surface area contributed by atoms with E-state index in [1.807, 2.05) is 0 Å². The van der Waals surface area contributed by atoms with E-state index in [0.29, 0.717) is 16.1 Å². The minimum atomic E-state index is -3.63. The Labute approximate surface area is 173 Å². The number of amides is 1. The Morgan fingerprint density at radius 1 is 0.966 bits per heavy atom. The molecule has 0 saturated carbocycles. The van der Waals surface area contributed by atoms with Crippen molar-refractivity contribution in [1.82, 2.24) is 0 Å². The fourth-order valence-corrected chi connectivity index (χ4v) is 5.99. The molecule has 0 saturated heterocycles. The van der Waals surface area contributed by atoms with E-state index in [9.17, 15) is 18.5 Å². The maximum Gasteiger partial charge on any atom is 0.256 e. The van der Waals surface area contributed by atoms with Crippen LogP contribution in [0.1, 0.15) is 39.2 Å². The van der Waals surface area contributed by atoms with Gasteiger partial charge in [-0.25, -0.2) is 8.42 Å². The lowest BCUT2D eigenvalue weighted by atomic mass is 9.96. The first-order chi connectivity index (χ1) is 14.0. The third-order valence-electron chi connectivity index (χ3n) is 4.99. The second kappa shape index (κ2) is 7.82. The molecule has 0 bridgehead atoms. The number of nitrogens with zero attached hydrogens (tertiary/aromatic N) is 1. The van der Waals surface area contributed by atoms with Crippen molar-refractivity contribution in [3.63, 3.8) is 0 Å². The molecule has 7 heteroatoms. The Hall–Kier alpha value is -2.95. The molecule has 0 aliphatic heterocycles. The molecule has 3 aromatic rings. The van der Waals surface area contributed by atoms with Crippen LogP contribution in [0.15, 0.2) is 64.4 Å². The van der Waals surface area contributed by atoms with Gasteiger partial charge in [0, 0.05) is 10.4 Å². The van der Waals surface area contributed by atoms with Gasteiger partial charge in [-0.15, -0.1) is 11.3 Å². The summed E-state index contributed by atoms with van der Waals surface area (Å²) >= 11 is 1.46. The molecule has 0 atom stereocenters. The van der Waals surface area contributed by atoms with E-state index >= 15 is 0 Å². The smallest absolute Gasteiger partial charge is 0.256 e. The van der Waals surface area contributed by atoms with Gasteiger partial charge >= 0.3 is 0 Å². The maximum absolute atomic E-state index is 12.7. The molecule has 0 radical (unpaired) electrons. The van der Waals surface area contributed by atoms with Crippen molar-refractivity contribution in [1.29, 1.82) is 5.26 Å². The average molecular weight is 423 g/mol. The van der Waals surface area contributed by atoms with E-state index in [0.717, 1.165) is 31.2 Å². The molecule has 4 rings (SSSR count). The highest BCUT2D eigenvalue weighted by molar-refractivity contribution is 7.91. The zero-order valence-corrected chi connectivity index (χ0v) is 17.1. The third kappa shape index (κ3) is 3.69. The van der Waals surface area contributed by atoms with E-state index in [1.54, 1.807) is 18.2 Å². The molecule has 1 aromatic heterocycles. The van der Waals surface area contributed by atoms with Crippen LogP contribution in [-0.2, 0) is 22.7 Å². The van der Waals surface area contributed by atoms with Crippen molar-refractivity contribution in [2.45, 2.75) is 35.5 Å². The van der Waals surface area contributed by atoms with Gasteiger partial charge < -0.3 is 5.32 Å². The molecule has 0 spiro atoms. The number of hydrogen-bond donors (Lipinski definition) is 1. The molecule has 5 nitrogen and oxygen atoms in total. The van der Waals surface area contributed by atoms with Crippen LogP contribution >= 0.6 is 11.3 Å². The van der Waals surface area contributed by atoms with E-state index < -0.39 is 9.84 Å². The number of carbonyl (C=O) groups excluding carboxylic acids is 1. The van der Waals surface area contributed by atoms with E-state index in [2.05, 4.69) is 11.4 Å². The topological polar surface area (TPSA) is 87.0 Å². The number of rotatable bonds is 4. The number of fused-ring (bicyclic) bond motifs is 1. The summed E-state index contributed by atoms with van der Waals surface area (Å²) in [7, 11) is -3.63. The monoisotopic (exact) mass is 422 g/mol. The van der Waals surface area contributed by atoms with E-state index in [1.165, 1.54) is 52.6 Å². The lowest BCUT2D eigenvalue weighted by Crippen LogP contribution is -2.12. The standard InChI is InChI=1S/C22H18N2O3S2/c23-14-19-18-8-4-5-9-20(18)28-22(19)24-21(25)15-10-12-17(13-11-15)29(26,27)16-6-2-1-3-7-16/h1-3,6-7,10-13H,4-5,8-9H2,(H,24,25). The minimum absolute atomic E-state index is 0.129. The largest absolute Gasteiger partial charge is 0.312 e. The maximum atomic E-state index is 12.7. The van der Waals surface area contributed by atoms with E-state index in [-0.39, 0.29) is 15.7 Å². The summed E-state index contributed by atoms with van der Waals surface area (Å²) in [6.07, 6.45) is 3.97. The van der Waals surface area contributed by atoms with Gasteiger partial charge in [0.15, 0.2) is 0 Å². The zero-order chi connectivity index (χ0) is 20.4. The summed E-state index contributed by atoms with van der Waals surface area (Å²) in [5.74, 6) is -0.358. The van der Waals surface area contributed by atoms with Crippen LogP contribution in [0.4, 0.5) is 5.00 Å². The van der Waals surface area contributed by atoms with Crippen molar-refractivity contribution < 1.29 is 13.2 Å². The second-order valence-electron chi connectivity index (χ2n) is 6.82. The Morgan fingerprint density at radius 3 is 2.31 bits per heavy atom. The number of nitrogens with one attached hydrogen (secondary N) is 1. The molecule has 1 N–H and O–H groups in total. The summed E-state index contributed by atoms with van der Waals surface area (Å²) in [4.78, 5) is 14.2. The summed E-state index contributed by atoms with van der Waals surface area (Å²) in [6, 6.07) is 16.2. The fourth-order valence-electron chi connectivity index (χ4n) is 3.47. The molecule has 146 valence electrons. The number of carbonyl (C=O) groups is 1. The Bertz CT molecular complexity index is 1210. The first-order valence-electron chi connectivity index (χ1n) is 9.27. The van der Waals surface area contributed by atoms with Crippen LogP contribution in [-0.4, -0.2) is 14.3 Å². The van der Waals surface area contributed by atoms with Crippen LogP contribution in [0.25, 0.3) is 0 Å². The van der Waals surface area contributed by atoms with Crippen LogP contribution < -0.4 is 5.32 Å². The predicted molar refractivity (Wildman–Crippen MR) is 112 cm³/mol. The molecule has 1 amide bonds. The number of benzene rings is 2. The molecule has 2 aromatic carbocycles. The summed E-state index contributed by atoms with van der Waals surface area (Å²) in [5, 5.41) is 12.9.